The van der Waals surface area contributed by atoms with Crippen LogP contribution in [0.2, 0.25) is 5.02 Å². The van der Waals surface area contributed by atoms with E-state index in [4.69, 9.17) is 22.3 Å². The largest absolute Gasteiger partial charge is 0.381 e. The van der Waals surface area contributed by atoms with Crippen molar-refractivity contribution in [2.24, 2.45) is 0 Å². The van der Waals surface area contributed by atoms with Crippen molar-refractivity contribution < 1.29 is 4.79 Å². The van der Waals surface area contributed by atoms with Crippen LogP contribution < -0.4 is 16.0 Å². The van der Waals surface area contributed by atoms with Crippen LogP contribution in [-0.2, 0) is 0 Å². The maximum absolute atomic E-state index is 12.4. The number of nitrogen functional groups attached to an aromatic ring is 1. The molecule has 152 valence electrons. The number of anilines is 2. The number of nitrogens with one attached hydrogen (secondary N) is 2. The molecular formula is C21H20ClN7O. The predicted molar refractivity (Wildman–Crippen MR) is 119 cm³/mol. The van der Waals surface area contributed by atoms with E-state index >= 15 is 0 Å². The fourth-order valence-electron chi connectivity index (χ4n) is 3.20. The van der Waals surface area contributed by atoms with Crippen LogP contribution in [0.25, 0.3) is 33.4 Å². The van der Waals surface area contributed by atoms with Crippen LogP contribution >= 0.6 is 11.6 Å². The first-order valence-electron chi connectivity index (χ1n) is 9.37. The zero-order chi connectivity index (χ0) is 21.3. The maximum Gasteiger partial charge on any atom is 0.322 e. The van der Waals surface area contributed by atoms with Crippen LogP contribution in [0.5, 0.6) is 0 Å². The first-order chi connectivity index (χ1) is 14.5. The Kier molecular flexibility index (Phi) is 5.24. The summed E-state index contributed by atoms with van der Waals surface area (Å²) in [5, 5.41) is 11.0. The number of halogens is 1. The molecule has 0 saturated carbocycles. The Morgan fingerprint density at radius 3 is 2.63 bits per heavy atom. The van der Waals surface area contributed by atoms with Crippen LogP contribution in [0, 0.1) is 0 Å². The van der Waals surface area contributed by atoms with E-state index in [1.807, 2.05) is 43.3 Å². The van der Waals surface area contributed by atoms with E-state index in [0.29, 0.717) is 23.0 Å². The van der Waals surface area contributed by atoms with E-state index in [1.165, 1.54) is 4.90 Å². The lowest BCUT2D eigenvalue weighted by Crippen LogP contribution is -2.38. The topological polar surface area (TPSA) is 113 Å². The third kappa shape index (κ3) is 3.53. The highest BCUT2D eigenvalue weighted by Gasteiger charge is 2.21. The third-order valence-corrected chi connectivity index (χ3v) is 4.97. The SMILES string of the molecule is CCNC(=O)N(C)c1nc(-c2cc(Cl)c3[nH]ncc3c2)c(-c2ccccc2)nc1N. The number of carbonyl (C=O) groups excluding carboxylic acids is 1. The van der Waals surface area contributed by atoms with Crippen molar-refractivity contribution in [1.29, 1.82) is 0 Å². The summed E-state index contributed by atoms with van der Waals surface area (Å²) < 4.78 is 0. The summed E-state index contributed by atoms with van der Waals surface area (Å²) in [5.74, 6) is 0.417. The molecule has 2 heterocycles. The van der Waals surface area contributed by atoms with Gasteiger partial charge in [0.2, 0.25) is 0 Å². The number of nitrogens with two attached hydrogens (primary N) is 1. The van der Waals surface area contributed by atoms with Gasteiger partial charge in [0, 0.05) is 30.1 Å². The molecule has 0 aliphatic rings. The van der Waals surface area contributed by atoms with Gasteiger partial charge in [0.1, 0.15) is 0 Å². The molecule has 2 aromatic carbocycles. The molecule has 0 aliphatic heterocycles. The van der Waals surface area contributed by atoms with Gasteiger partial charge in [0.05, 0.1) is 28.1 Å². The summed E-state index contributed by atoms with van der Waals surface area (Å²) in [5.41, 5.74) is 9.70. The summed E-state index contributed by atoms with van der Waals surface area (Å²) in [6.07, 6.45) is 1.69. The summed E-state index contributed by atoms with van der Waals surface area (Å²) in [4.78, 5) is 23.1. The number of aromatic nitrogens is 4. The van der Waals surface area contributed by atoms with Crippen LogP contribution in [0.4, 0.5) is 16.4 Å². The van der Waals surface area contributed by atoms with Gasteiger partial charge < -0.3 is 11.1 Å². The van der Waals surface area contributed by atoms with Gasteiger partial charge in [-0.25, -0.2) is 14.8 Å². The van der Waals surface area contributed by atoms with E-state index in [-0.39, 0.29) is 17.7 Å². The van der Waals surface area contributed by atoms with E-state index in [9.17, 15) is 4.79 Å². The Hall–Kier alpha value is -3.65. The number of urea groups is 1. The van der Waals surface area contributed by atoms with Crippen molar-refractivity contribution in [3.8, 4) is 22.5 Å². The quantitative estimate of drug-likeness (QED) is 0.459. The summed E-state index contributed by atoms with van der Waals surface area (Å²) in [6.45, 7) is 2.32. The number of fused-ring (bicyclic) bond motifs is 1. The minimum atomic E-state index is -0.319. The Balaban J connectivity index is 1.95. The summed E-state index contributed by atoms with van der Waals surface area (Å²) >= 11 is 6.46. The molecule has 0 atom stereocenters. The predicted octanol–water partition coefficient (Wildman–Crippen LogP) is 4.09. The highest BCUT2D eigenvalue weighted by molar-refractivity contribution is 6.35. The highest BCUT2D eigenvalue weighted by Crippen LogP contribution is 2.36. The molecule has 0 saturated heterocycles. The zero-order valence-electron chi connectivity index (χ0n) is 16.5. The van der Waals surface area contributed by atoms with Gasteiger partial charge in [0.15, 0.2) is 11.6 Å². The first kappa shape index (κ1) is 19.7. The Morgan fingerprint density at radius 1 is 1.17 bits per heavy atom. The van der Waals surface area contributed by atoms with Crippen LogP contribution in [-0.4, -0.2) is 39.8 Å². The summed E-state index contributed by atoms with van der Waals surface area (Å²) in [6, 6.07) is 13.0. The van der Waals surface area contributed by atoms with Crippen molar-refractivity contribution in [2.45, 2.75) is 6.92 Å². The fourth-order valence-corrected chi connectivity index (χ4v) is 3.47. The van der Waals surface area contributed by atoms with E-state index in [0.717, 1.165) is 22.0 Å². The van der Waals surface area contributed by atoms with Gasteiger partial charge in [-0.2, -0.15) is 5.10 Å². The lowest BCUT2D eigenvalue weighted by atomic mass is 10.0. The number of rotatable bonds is 4. The van der Waals surface area contributed by atoms with Crippen molar-refractivity contribution >= 4 is 40.2 Å². The molecule has 2 amide bonds. The summed E-state index contributed by atoms with van der Waals surface area (Å²) in [7, 11) is 1.60. The number of benzene rings is 2. The fraction of sp³-hybridized carbons (Fsp3) is 0.143. The lowest BCUT2D eigenvalue weighted by molar-refractivity contribution is 0.248. The van der Waals surface area contributed by atoms with Crippen LogP contribution in [0.15, 0.2) is 48.7 Å². The Morgan fingerprint density at radius 2 is 1.90 bits per heavy atom. The average Bonchev–Trinajstić information content (AvgIpc) is 3.23. The van der Waals surface area contributed by atoms with Crippen molar-refractivity contribution in [2.75, 3.05) is 24.2 Å². The van der Waals surface area contributed by atoms with E-state index in [2.05, 4.69) is 20.5 Å². The second-order valence-corrected chi connectivity index (χ2v) is 7.09. The van der Waals surface area contributed by atoms with Crippen LogP contribution in [0.1, 0.15) is 6.92 Å². The van der Waals surface area contributed by atoms with Gasteiger partial charge in [-0.1, -0.05) is 41.9 Å². The second-order valence-electron chi connectivity index (χ2n) is 6.68. The molecule has 4 aromatic rings. The van der Waals surface area contributed by atoms with Gasteiger partial charge in [-0.05, 0) is 19.1 Å². The molecule has 8 nitrogen and oxygen atoms in total. The number of hydrogen-bond acceptors (Lipinski definition) is 5. The standard InChI is InChI=1S/C21H20ClN7O/c1-3-24-21(30)29(2)20-19(23)26-17(12-7-5-4-6-8-12)18(27-20)13-9-14-11-25-28-16(14)15(22)10-13/h4-11H,3H2,1-2H3,(H2,23,26)(H,24,30)(H,25,28). The molecule has 0 aliphatic carbocycles. The van der Waals surface area contributed by atoms with E-state index < -0.39 is 0 Å². The van der Waals surface area contributed by atoms with Crippen molar-refractivity contribution in [3.63, 3.8) is 0 Å². The Bertz CT molecular complexity index is 1220. The number of carbonyl (C=O) groups is 1. The van der Waals surface area contributed by atoms with Crippen molar-refractivity contribution in [3.05, 3.63) is 53.7 Å². The minimum absolute atomic E-state index is 0.154. The zero-order valence-corrected chi connectivity index (χ0v) is 17.2. The molecule has 30 heavy (non-hydrogen) atoms. The highest BCUT2D eigenvalue weighted by atomic mass is 35.5. The third-order valence-electron chi connectivity index (χ3n) is 4.68. The van der Waals surface area contributed by atoms with Crippen molar-refractivity contribution in [1.82, 2.24) is 25.5 Å². The van der Waals surface area contributed by atoms with Gasteiger partial charge >= 0.3 is 6.03 Å². The molecule has 4 rings (SSSR count). The number of amides is 2. The lowest BCUT2D eigenvalue weighted by Gasteiger charge is -2.20. The average molecular weight is 422 g/mol. The molecule has 0 bridgehead atoms. The molecule has 0 unspecified atom stereocenters. The minimum Gasteiger partial charge on any atom is -0.381 e. The first-order valence-corrected chi connectivity index (χ1v) is 9.75. The monoisotopic (exact) mass is 421 g/mol. The molecule has 0 spiro atoms. The molecule has 4 N–H and O–H groups in total. The molecular weight excluding hydrogens is 402 g/mol. The maximum atomic E-state index is 12.4. The molecule has 9 heteroatoms. The normalized spacial score (nSPS) is 10.9. The van der Waals surface area contributed by atoms with Gasteiger partial charge in [-0.3, -0.25) is 10.00 Å². The van der Waals surface area contributed by atoms with Gasteiger partial charge in [0.25, 0.3) is 0 Å². The van der Waals surface area contributed by atoms with E-state index in [1.54, 1.807) is 19.3 Å². The number of H-pyrrole nitrogens is 1. The van der Waals surface area contributed by atoms with Gasteiger partial charge in [-0.15, -0.1) is 0 Å². The number of nitrogens with zero attached hydrogens (tertiary/aromatic N) is 4. The smallest absolute Gasteiger partial charge is 0.322 e. The number of hydrogen-bond donors (Lipinski definition) is 3. The number of aromatic amines is 1. The molecule has 0 radical (unpaired) electrons. The molecule has 2 aromatic heterocycles. The molecule has 0 fully saturated rings. The van der Waals surface area contributed by atoms with Crippen LogP contribution in [0.3, 0.4) is 0 Å². The Labute approximate surface area is 178 Å². The second kappa shape index (κ2) is 8.00.